The van der Waals surface area contributed by atoms with Gasteiger partial charge >= 0.3 is 6.03 Å². The van der Waals surface area contributed by atoms with Crippen LogP contribution >= 0.6 is 11.6 Å². The average Bonchev–Trinajstić information content (AvgIpc) is 3.54. The Morgan fingerprint density at radius 1 is 0.929 bits per heavy atom. The number of nitrogens with one attached hydrogen (secondary N) is 2. The summed E-state index contributed by atoms with van der Waals surface area (Å²) in [6.45, 7) is 5.75. The van der Waals surface area contributed by atoms with Crippen molar-refractivity contribution in [1.29, 1.82) is 5.26 Å². The molecule has 4 aliphatic rings. The van der Waals surface area contributed by atoms with Crippen LogP contribution in [0, 0.1) is 17.2 Å². The van der Waals surface area contributed by atoms with E-state index < -0.39 is 16.1 Å². The molecule has 0 radical (unpaired) electrons. The van der Waals surface area contributed by atoms with Gasteiger partial charge in [-0.3, -0.25) is 19.7 Å². The molecule has 4 aliphatic heterocycles. The summed E-state index contributed by atoms with van der Waals surface area (Å²) >= 11 is 5.90. The maximum atomic E-state index is 13.9. The summed E-state index contributed by atoms with van der Waals surface area (Å²) in [6, 6.07) is 13.4. The number of piperidine rings is 3. The van der Waals surface area contributed by atoms with Crippen molar-refractivity contribution in [2.45, 2.75) is 61.8 Å². The second-order valence-corrected chi connectivity index (χ2v) is 17.7. The van der Waals surface area contributed by atoms with Crippen molar-refractivity contribution >= 4 is 61.9 Å². The lowest BCUT2D eigenvalue weighted by molar-refractivity contribution is -0.120. The van der Waals surface area contributed by atoms with Crippen molar-refractivity contribution < 1.29 is 18.0 Å². The minimum atomic E-state index is -3.87. The van der Waals surface area contributed by atoms with E-state index in [0.29, 0.717) is 61.1 Å². The highest BCUT2D eigenvalue weighted by Gasteiger charge is 2.33. The van der Waals surface area contributed by atoms with Gasteiger partial charge in [-0.2, -0.15) is 14.7 Å². The molecule has 15 nitrogen and oxygen atoms in total. The Kier molecular flexibility index (Phi) is 10.9. The Balaban J connectivity index is 0.833. The molecule has 2 aromatic carbocycles. The summed E-state index contributed by atoms with van der Waals surface area (Å²) in [7, 11) is -1.98. The smallest absolute Gasteiger partial charge is 0.329 e. The monoisotopic (exact) mass is 799 g/mol. The van der Waals surface area contributed by atoms with Crippen molar-refractivity contribution in [3.05, 3.63) is 64.9 Å². The number of nitrogens with zero attached hydrogens (tertiary/aromatic N) is 9. The molecule has 2 N–H and O–H groups in total. The van der Waals surface area contributed by atoms with Crippen LogP contribution < -0.4 is 20.4 Å². The fraction of sp³-hybridized carbons (Fsp3) is 0.487. The SMILES string of the molecule is Cn1nc(N2CCC(=O)NC2=O)c2ccc(C3CCN(CC4CCN(c5ccc(C#N)c(S(=O)(=O)N6CCC(Nc7ncc(Cl)cn7)CC6)c5)CC4)CC3)cc21. The molecular weight excluding hydrogens is 754 g/mol. The third kappa shape index (κ3) is 7.90. The number of urea groups is 1. The number of rotatable bonds is 9. The quantitative estimate of drug-likeness (QED) is 0.241. The van der Waals surface area contributed by atoms with Gasteiger partial charge in [0.15, 0.2) is 5.82 Å². The number of anilines is 3. The molecule has 0 spiro atoms. The van der Waals surface area contributed by atoms with Gasteiger partial charge in [-0.1, -0.05) is 17.7 Å². The minimum absolute atomic E-state index is 0.0294. The predicted octanol–water partition coefficient (Wildman–Crippen LogP) is 4.70. The Bertz CT molecular complexity index is 2250. The summed E-state index contributed by atoms with van der Waals surface area (Å²) in [5.41, 5.74) is 3.26. The van der Waals surface area contributed by atoms with Gasteiger partial charge in [-0.05, 0) is 99.3 Å². The predicted molar refractivity (Wildman–Crippen MR) is 213 cm³/mol. The number of benzene rings is 2. The fourth-order valence-corrected chi connectivity index (χ4v) is 10.4. The Labute approximate surface area is 331 Å². The number of hydrogen-bond donors (Lipinski definition) is 2. The van der Waals surface area contributed by atoms with E-state index in [2.05, 4.69) is 59.8 Å². The third-order valence-electron chi connectivity index (χ3n) is 11.8. The van der Waals surface area contributed by atoms with Gasteiger partial charge in [0.1, 0.15) is 11.0 Å². The first-order valence-corrected chi connectivity index (χ1v) is 21.2. The van der Waals surface area contributed by atoms with E-state index in [1.54, 1.807) is 17.0 Å². The molecular formula is C39H46ClN11O4S. The van der Waals surface area contributed by atoms with E-state index >= 15 is 0 Å². The largest absolute Gasteiger partial charge is 0.371 e. The maximum Gasteiger partial charge on any atom is 0.329 e. The van der Waals surface area contributed by atoms with Crippen molar-refractivity contribution in [2.75, 3.05) is 67.5 Å². The summed E-state index contributed by atoms with van der Waals surface area (Å²) in [5.74, 6) is 1.78. The molecule has 2 aromatic heterocycles. The number of carbonyl (C=O) groups is 2. The number of aryl methyl sites for hydroxylation is 1. The van der Waals surface area contributed by atoms with Crippen LogP contribution in [0.5, 0.6) is 0 Å². The first-order valence-electron chi connectivity index (χ1n) is 19.4. The molecule has 4 aromatic rings. The molecule has 0 saturated carbocycles. The lowest BCUT2D eigenvalue weighted by atomic mass is 9.88. The molecule has 0 unspecified atom stereocenters. The summed E-state index contributed by atoms with van der Waals surface area (Å²) in [5, 5.41) is 21.5. The molecule has 4 fully saturated rings. The van der Waals surface area contributed by atoms with E-state index in [1.165, 1.54) is 22.3 Å². The van der Waals surface area contributed by atoms with Crippen molar-refractivity contribution in [3.8, 4) is 6.07 Å². The van der Waals surface area contributed by atoms with Gasteiger partial charge in [0.05, 0.1) is 28.5 Å². The third-order valence-corrected chi connectivity index (χ3v) is 14.0. The lowest BCUT2D eigenvalue weighted by Crippen LogP contribution is -2.49. The molecule has 6 heterocycles. The highest BCUT2D eigenvalue weighted by Crippen LogP contribution is 2.35. The molecule has 294 valence electrons. The van der Waals surface area contributed by atoms with E-state index in [4.69, 9.17) is 11.6 Å². The zero-order valence-electron chi connectivity index (χ0n) is 31.4. The number of halogens is 1. The molecule has 0 aliphatic carbocycles. The Hall–Kier alpha value is -4.82. The van der Waals surface area contributed by atoms with Crippen molar-refractivity contribution in [2.24, 2.45) is 13.0 Å². The maximum absolute atomic E-state index is 13.9. The first-order chi connectivity index (χ1) is 27.0. The Morgan fingerprint density at radius 3 is 2.36 bits per heavy atom. The van der Waals surface area contributed by atoms with E-state index in [-0.39, 0.29) is 28.8 Å². The molecule has 4 saturated heterocycles. The van der Waals surface area contributed by atoms with Crippen LogP contribution in [0.3, 0.4) is 0 Å². The summed E-state index contributed by atoms with van der Waals surface area (Å²) in [6.07, 6.45) is 8.65. The van der Waals surface area contributed by atoms with Crippen LogP contribution in [0.25, 0.3) is 10.9 Å². The van der Waals surface area contributed by atoms with Gasteiger partial charge in [0, 0.05) is 69.9 Å². The first kappa shape index (κ1) is 38.1. The van der Waals surface area contributed by atoms with Crippen molar-refractivity contribution in [3.63, 3.8) is 0 Å². The molecule has 56 heavy (non-hydrogen) atoms. The number of amides is 3. The highest BCUT2D eigenvalue weighted by molar-refractivity contribution is 7.89. The van der Waals surface area contributed by atoms with E-state index in [0.717, 1.165) is 75.0 Å². The number of sulfonamides is 1. The minimum Gasteiger partial charge on any atom is -0.371 e. The number of likely N-dealkylation sites (tertiary alicyclic amines) is 1. The number of aromatic nitrogens is 4. The molecule has 3 amide bonds. The zero-order valence-corrected chi connectivity index (χ0v) is 33.0. The van der Waals surface area contributed by atoms with E-state index in [9.17, 15) is 23.3 Å². The van der Waals surface area contributed by atoms with E-state index in [1.807, 2.05) is 17.8 Å². The van der Waals surface area contributed by atoms with Gasteiger partial charge in [-0.15, -0.1) is 0 Å². The van der Waals surface area contributed by atoms with Crippen LogP contribution in [-0.4, -0.2) is 108 Å². The molecule has 0 bridgehead atoms. The van der Waals surface area contributed by atoms with Gasteiger partial charge in [0.2, 0.25) is 21.9 Å². The number of fused-ring (bicyclic) bond motifs is 1. The normalized spacial score (nSPS) is 20.0. The molecule has 17 heteroatoms. The zero-order chi connectivity index (χ0) is 39.0. The lowest BCUT2D eigenvalue weighted by Gasteiger charge is -2.38. The number of hydrogen-bond acceptors (Lipinski definition) is 11. The van der Waals surface area contributed by atoms with Crippen LogP contribution in [0.4, 0.5) is 22.2 Å². The second-order valence-electron chi connectivity index (χ2n) is 15.3. The van der Waals surface area contributed by atoms with Crippen LogP contribution in [-0.2, 0) is 21.9 Å². The molecule has 0 atom stereocenters. The van der Waals surface area contributed by atoms with Crippen LogP contribution in [0.1, 0.15) is 62.0 Å². The summed E-state index contributed by atoms with van der Waals surface area (Å²) in [4.78, 5) is 39.0. The van der Waals surface area contributed by atoms with Crippen LogP contribution in [0.15, 0.2) is 53.7 Å². The summed E-state index contributed by atoms with van der Waals surface area (Å²) < 4.78 is 31.1. The standard InChI is InChI=1S/C39H46ClN11O4S/c1-47-34-20-28(3-5-33(34)37(46-47)51-19-12-36(52)45-39(51)53)27-8-13-48(14-9-27)25-26-6-15-49(16-7-26)32-4-2-29(22-41)35(21-32)56(54,55)50-17-10-31(11-18-50)44-38-42-23-30(40)24-43-38/h2-5,20-21,23-24,26-27,31H,6-19,25H2,1H3,(H,42,43,44)(H,45,52,53). The molecule has 8 rings (SSSR count). The number of imide groups is 1. The van der Waals surface area contributed by atoms with Gasteiger partial charge < -0.3 is 15.1 Å². The highest BCUT2D eigenvalue weighted by atomic mass is 35.5. The topological polar surface area (TPSA) is 173 Å². The van der Waals surface area contributed by atoms with Crippen LogP contribution in [0.2, 0.25) is 5.02 Å². The second kappa shape index (κ2) is 16.0. The fourth-order valence-electron chi connectivity index (χ4n) is 8.63. The van der Waals surface area contributed by atoms with Crippen molar-refractivity contribution in [1.82, 2.24) is 34.3 Å². The average molecular weight is 800 g/mol. The van der Waals surface area contributed by atoms with Gasteiger partial charge in [-0.25, -0.2) is 23.2 Å². The number of nitriles is 1. The van der Waals surface area contributed by atoms with Gasteiger partial charge in [0.25, 0.3) is 0 Å². The Morgan fingerprint density at radius 2 is 1.66 bits per heavy atom. The number of carbonyl (C=O) groups excluding carboxylic acids is 2.